The van der Waals surface area contributed by atoms with Gasteiger partial charge in [-0.1, -0.05) is 216 Å². The molecule has 0 bridgehead atoms. The van der Waals surface area contributed by atoms with E-state index in [1.54, 1.807) is 0 Å². The summed E-state index contributed by atoms with van der Waals surface area (Å²) in [5.41, 5.74) is 0. The van der Waals surface area contributed by atoms with Gasteiger partial charge in [0.05, 0.1) is 0 Å². The normalized spacial score (nSPS) is 12.5. The van der Waals surface area contributed by atoms with E-state index in [1.807, 2.05) is 0 Å². The molecule has 0 aliphatic heterocycles. The molecule has 0 unspecified atom stereocenters. The number of allylic oxidation sites excluding steroid dienone is 10. The molecule has 0 aliphatic rings. The largest absolute Gasteiger partial charge is 0.462 e. The van der Waals surface area contributed by atoms with Gasteiger partial charge in [0.1, 0.15) is 13.2 Å². The number of hydrogen-bond donors (Lipinski definition) is 0. The lowest BCUT2D eigenvalue weighted by atomic mass is 10.1. The van der Waals surface area contributed by atoms with Crippen LogP contribution in [0.25, 0.3) is 0 Å². The molecule has 0 saturated heterocycles. The quantitative estimate of drug-likeness (QED) is 0.0262. The molecule has 0 saturated carbocycles. The highest BCUT2D eigenvalue weighted by molar-refractivity contribution is 5.71. The van der Waals surface area contributed by atoms with Crippen LogP contribution in [0.5, 0.6) is 0 Å². The van der Waals surface area contributed by atoms with Crippen molar-refractivity contribution in [2.75, 3.05) is 13.2 Å². The van der Waals surface area contributed by atoms with E-state index in [9.17, 15) is 14.4 Å². The van der Waals surface area contributed by atoms with Gasteiger partial charge in [0.2, 0.25) is 0 Å². The Morgan fingerprint density at radius 3 is 0.952 bits per heavy atom. The molecule has 63 heavy (non-hydrogen) atoms. The highest BCUT2D eigenvalue weighted by atomic mass is 16.6. The number of ether oxygens (including phenoxy) is 3. The Balaban J connectivity index is 4.39. The van der Waals surface area contributed by atoms with Crippen LogP contribution in [0.2, 0.25) is 0 Å². The second kappa shape index (κ2) is 51.7. The van der Waals surface area contributed by atoms with E-state index < -0.39 is 6.10 Å². The van der Waals surface area contributed by atoms with E-state index in [1.165, 1.54) is 148 Å². The highest BCUT2D eigenvalue weighted by Crippen LogP contribution is 2.15. The van der Waals surface area contributed by atoms with Gasteiger partial charge in [-0.2, -0.15) is 0 Å². The Morgan fingerprint density at radius 2 is 0.571 bits per heavy atom. The van der Waals surface area contributed by atoms with Crippen LogP contribution in [-0.2, 0) is 28.6 Å². The van der Waals surface area contributed by atoms with Gasteiger partial charge in [-0.15, -0.1) is 0 Å². The maximum atomic E-state index is 12.8. The van der Waals surface area contributed by atoms with E-state index in [2.05, 4.69) is 81.5 Å². The van der Waals surface area contributed by atoms with E-state index in [0.717, 1.165) is 70.6 Å². The smallest absolute Gasteiger partial charge is 0.306 e. The zero-order valence-electron chi connectivity index (χ0n) is 41.6. The third-order valence-corrected chi connectivity index (χ3v) is 11.5. The van der Waals surface area contributed by atoms with Crippen molar-refractivity contribution >= 4 is 17.9 Å². The average molecular weight is 881 g/mol. The van der Waals surface area contributed by atoms with Crippen molar-refractivity contribution in [2.45, 2.75) is 271 Å². The van der Waals surface area contributed by atoms with Crippen molar-refractivity contribution < 1.29 is 28.6 Å². The second-order valence-electron chi connectivity index (χ2n) is 17.8. The molecule has 0 fully saturated rings. The van der Waals surface area contributed by atoms with E-state index in [4.69, 9.17) is 14.2 Å². The maximum absolute atomic E-state index is 12.8. The number of hydrogen-bond acceptors (Lipinski definition) is 6. The molecular weight excluding hydrogens is 781 g/mol. The predicted molar refractivity (Wildman–Crippen MR) is 270 cm³/mol. The fourth-order valence-corrected chi connectivity index (χ4v) is 7.42. The van der Waals surface area contributed by atoms with Crippen LogP contribution in [-0.4, -0.2) is 37.2 Å². The third kappa shape index (κ3) is 50.0. The molecule has 0 heterocycles. The molecule has 0 radical (unpaired) electrons. The van der Waals surface area contributed by atoms with Crippen molar-refractivity contribution in [1.29, 1.82) is 0 Å². The highest BCUT2D eigenvalue weighted by Gasteiger charge is 2.19. The molecule has 0 spiro atoms. The summed E-state index contributed by atoms with van der Waals surface area (Å²) in [6.07, 6.45) is 63.5. The molecule has 0 amide bonds. The second-order valence-corrected chi connectivity index (χ2v) is 17.8. The molecule has 0 N–H and O–H groups in total. The van der Waals surface area contributed by atoms with Crippen LogP contribution in [0, 0.1) is 0 Å². The minimum atomic E-state index is -0.793. The summed E-state index contributed by atoms with van der Waals surface area (Å²) in [7, 11) is 0. The van der Waals surface area contributed by atoms with Gasteiger partial charge in [-0.05, 0) is 89.9 Å². The summed E-state index contributed by atoms with van der Waals surface area (Å²) in [4.78, 5) is 38.0. The molecule has 0 aromatic carbocycles. The number of rotatable bonds is 48. The van der Waals surface area contributed by atoms with Crippen molar-refractivity contribution in [1.82, 2.24) is 0 Å². The molecule has 0 aromatic rings. The van der Waals surface area contributed by atoms with Crippen molar-refractivity contribution in [2.24, 2.45) is 0 Å². The first kappa shape index (κ1) is 60.1. The lowest BCUT2D eigenvalue weighted by molar-refractivity contribution is -0.167. The topological polar surface area (TPSA) is 78.9 Å². The van der Waals surface area contributed by atoms with Gasteiger partial charge in [0, 0.05) is 19.3 Å². The molecule has 0 rings (SSSR count). The lowest BCUT2D eigenvalue weighted by Crippen LogP contribution is -2.30. The third-order valence-electron chi connectivity index (χ3n) is 11.5. The van der Waals surface area contributed by atoms with Crippen molar-refractivity contribution in [3.8, 4) is 0 Å². The first-order chi connectivity index (χ1) is 31.0. The first-order valence-corrected chi connectivity index (χ1v) is 26.8. The van der Waals surface area contributed by atoms with Gasteiger partial charge < -0.3 is 14.2 Å². The molecule has 0 aromatic heterocycles. The zero-order valence-corrected chi connectivity index (χ0v) is 41.6. The Morgan fingerprint density at radius 1 is 0.317 bits per heavy atom. The van der Waals surface area contributed by atoms with Crippen LogP contribution in [0.1, 0.15) is 265 Å². The van der Waals surface area contributed by atoms with Crippen LogP contribution < -0.4 is 0 Å². The Labute approximate surface area is 390 Å². The zero-order chi connectivity index (χ0) is 45.8. The monoisotopic (exact) mass is 881 g/mol. The van der Waals surface area contributed by atoms with Crippen LogP contribution >= 0.6 is 0 Å². The van der Waals surface area contributed by atoms with E-state index >= 15 is 0 Å². The summed E-state index contributed by atoms with van der Waals surface area (Å²) in [6, 6.07) is 0. The van der Waals surface area contributed by atoms with Gasteiger partial charge in [-0.3, -0.25) is 14.4 Å². The summed E-state index contributed by atoms with van der Waals surface area (Å²) in [5.74, 6) is -0.927. The molecule has 364 valence electrons. The summed E-state index contributed by atoms with van der Waals surface area (Å²) < 4.78 is 16.8. The SMILES string of the molecule is CCCCC/C=C\C/C=C\C/C=C\CCCCC(=O)O[C@@H](COC(=O)CCCCCCCCCCC/C=C\C/C=C\CCCCC)COC(=O)CCCCCCCCCCCCC. The van der Waals surface area contributed by atoms with Gasteiger partial charge in [-0.25, -0.2) is 0 Å². The summed E-state index contributed by atoms with van der Waals surface area (Å²) in [5, 5.41) is 0. The molecule has 6 heteroatoms. The Bertz CT molecular complexity index is 1150. The van der Waals surface area contributed by atoms with Gasteiger partial charge >= 0.3 is 17.9 Å². The van der Waals surface area contributed by atoms with Crippen LogP contribution in [0.4, 0.5) is 0 Å². The molecule has 6 nitrogen and oxygen atoms in total. The van der Waals surface area contributed by atoms with E-state index in [-0.39, 0.29) is 37.5 Å². The number of carbonyl (C=O) groups excluding carboxylic acids is 3. The lowest BCUT2D eigenvalue weighted by Gasteiger charge is -2.18. The Kier molecular flexibility index (Phi) is 49.4. The van der Waals surface area contributed by atoms with Gasteiger partial charge in [0.25, 0.3) is 0 Å². The number of unbranched alkanes of at least 4 members (excludes halogenated alkanes) is 27. The minimum Gasteiger partial charge on any atom is -0.462 e. The van der Waals surface area contributed by atoms with Crippen molar-refractivity contribution in [3.63, 3.8) is 0 Å². The molecule has 0 aliphatic carbocycles. The van der Waals surface area contributed by atoms with E-state index in [0.29, 0.717) is 19.3 Å². The van der Waals surface area contributed by atoms with Gasteiger partial charge in [0.15, 0.2) is 6.10 Å². The van der Waals surface area contributed by atoms with Crippen LogP contribution in [0.15, 0.2) is 60.8 Å². The average Bonchev–Trinajstić information content (AvgIpc) is 3.28. The minimum absolute atomic E-state index is 0.0889. The standard InChI is InChI=1S/C57H100O6/c1-4-7-10-13-16-19-22-24-26-27-28-29-31-32-35-38-41-44-47-50-56(59)62-53-54(52-61-55(58)49-46-43-40-37-34-21-18-15-12-9-6-3)63-57(60)51-48-45-42-39-36-33-30-25-23-20-17-14-11-8-5-2/h16-17,19-20,24-26,30,36,39,54H,4-15,18,21-23,27-29,31-35,37-38,40-53H2,1-3H3/b19-16-,20-17-,26-24-,30-25-,39-36-/t54-/m1/s1. The Hall–Kier alpha value is -2.89. The fraction of sp³-hybridized carbons (Fsp3) is 0.772. The predicted octanol–water partition coefficient (Wildman–Crippen LogP) is 17.6. The fourth-order valence-electron chi connectivity index (χ4n) is 7.42. The first-order valence-electron chi connectivity index (χ1n) is 26.8. The van der Waals surface area contributed by atoms with Crippen molar-refractivity contribution in [3.05, 3.63) is 60.8 Å². The summed E-state index contributed by atoms with van der Waals surface area (Å²) >= 11 is 0. The maximum Gasteiger partial charge on any atom is 0.306 e. The molecular formula is C57H100O6. The summed E-state index contributed by atoms with van der Waals surface area (Å²) in [6.45, 7) is 6.55. The number of carbonyl (C=O) groups is 3. The molecule has 1 atom stereocenters. The number of esters is 3. The van der Waals surface area contributed by atoms with Crippen LogP contribution in [0.3, 0.4) is 0 Å².